The van der Waals surface area contributed by atoms with Crippen molar-refractivity contribution in [1.29, 1.82) is 0 Å². The molecule has 0 amide bonds. The molecule has 1 heterocycles. The molecule has 0 aromatic heterocycles. The molecule has 4 heteroatoms. The molecule has 2 aliphatic rings. The first-order chi connectivity index (χ1) is 10.8. The van der Waals surface area contributed by atoms with Gasteiger partial charge in [0, 0.05) is 25.4 Å². The fourth-order valence-electron chi connectivity index (χ4n) is 2.93. The molecule has 1 N–H and O–H groups in total. The molecule has 1 aliphatic heterocycles. The number of ketones is 1. The quantitative estimate of drug-likeness (QED) is 0.648. The Morgan fingerprint density at radius 1 is 1.23 bits per heavy atom. The van der Waals surface area contributed by atoms with Crippen LogP contribution in [0.25, 0.3) is 0 Å². The van der Waals surface area contributed by atoms with Crippen LogP contribution >= 0.6 is 0 Å². The Morgan fingerprint density at radius 3 is 2.91 bits per heavy atom. The van der Waals surface area contributed by atoms with Gasteiger partial charge in [-0.25, -0.2) is 0 Å². The summed E-state index contributed by atoms with van der Waals surface area (Å²) in [5.74, 6) is 2.21. The summed E-state index contributed by atoms with van der Waals surface area (Å²) in [6.07, 6.45) is 7.85. The van der Waals surface area contributed by atoms with Gasteiger partial charge >= 0.3 is 0 Å². The highest BCUT2D eigenvalue weighted by Crippen LogP contribution is 2.30. The summed E-state index contributed by atoms with van der Waals surface area (Å²) in [5, 5.41) is 3.31. The van der Waals surface area contributed by atoms with E-state index in [0.29, 0.717) is 31.9 Å². The zero-order valence-electron chi connectivity index (χ0n) is 12.8. The lowest BCUT2D eigenvalue weighted by Crippen LogP contribution is -2.39. The molecule has 1 aliphatic carbocycles. The lowest BCUT2D eigenvalue weighted by molar-refractivity contribution is -0.123. The molecule has 2 atom stereocenters. The van der Waals surface area contributed by atoms with Crippen LogP contribution in [0.2, 0.25) is 0 Å². The predicted octanol–water partition coefficient (Wildman–Crippen LogP) is 2.73. The van der Waals surface area contributed by atoms with Gasteiger partial charge in [-0.1, -0.05) is 24.3 Å². The Morgan fingerprint density at radius 2 is 2.09 bits per heavy atom. The monoisotopic (exact) mass is 301 g/mol. The lowest BCUT2D eigenvalue weighted by atomic mass is 9.89. The van der Waals surface area contributed by atoms with Crippen LogP contribution in [-0.2, 0) is 4.79 Å². The number of fused-ring (bicyclic) bond motifs is 1. The summed E-state index contributed by atoms with van der Waals surface area (Å²) in [5.41, 5.74) is 0. The maximum atomic E-state index is 12.1. The van der Waals surface area contributed by atoms with Gasteiger partial charge in [0.15, 0.2) is 11.5 Å². The van der Waals surface area contributed by atoms with Crippen LogP contribution in [0.5, 0.6) is 11.5 Å². The molecule has 1 aromatic rings. The molecule has 0 radical (unpaired) electrons. The first-order valence-electron chi connectivity index (χ1n) is 8.10. The highest BCUT2D eigenvalue weighted by molar-refractivity contribution is 5.81. The molecule has 0 bridgehead atoms. The number of benzene rings is 1. The Labute approximate surface area is 131 Å². The molecule has 1 aromatic carbocycles. The van der Waals surface area contributed by atoms with Gasteiger partial charge in [-0.3, -0.25) is 4.79 Å². The molecule has 0 fully saturated rings. The maximum Gasteiger partial charge on any atom is 0.161 e. The van der Waals surface area contributed by atoms with Crippen molar-refractivity contribution < 1.29 is 14.3 Å². The largest absolute Gasteiger partial charge is 0.486 e. The van der Waals surface area contributed by atoms with Gasteiger partial charge < -0.3 is 14.8 Å². The summed E-state index contributed by atoms with van der Waals surface area (Å²) in [6, 6.07) is 7.71. The lowest BCUT2D eigenvalue weighted by Gasteiger charge is -2.26. The maximum absolute atomic E-state index is 12.1. The molecule has 118 valence electrons. The molecular weight excluding hydrogens is 278 g/mol. The average Bonchev–Trinajstić information content (AvgIpc) is 2.59. The van der Waals surface area contributed by atoms with E-state index in [4.69, 9.17) is 9.47 Å². The van der Waals surface area contributed by atoms with Gasteiger partial charge in [0.25, 0.3) is 0 Å². The molecular formula is C18H23NO3. The van der Waals surface area contributed by atoms with Crippen molar-refractivity contribution in [3.8, 4) is 11.5 Å². The van der Waals surface area contributed by atoms with Crippen LogP contribution in [-0.4, -0.2) is 31.6 Å². The van der Waals surface area contributed by atoms with Gasteiger partial charge in [-0.15, -0.1) is 0 Å². The normalized spacial score (nSPS) is 23.3. The van der Waals surface area contributed by atoms with E-state index >= 15 is 0 Å². The second kappa shape index (κ2) is 7.45. The number of hydrogen-bond acceptors (Lipinski definition) is 4. The molecule has 2 unspecified atom stereocenters. The molecule has 0 saturated carbocycles. The number of hydrogen-bond donors (Lipinski definition) is 1. The van der Waals surface area contributed by atoms with Crippen LogP contribution in [0.15, 0.2) is 36.4 Å². The van der Waals surface area contributed by atoms with E-state index in [0.717, 1.165) is 30.8 Å². The third-order valence-electron chi connectivity index (χ3n) is 4.21. The minimum absolute atomic E-state index is 0.00242. The number of para-hydroxylation sites is 2. The zero-order chi connectivity index (χ0) is 15.2. The average molecular weight is 301 g/mol. The van der Waals surface area contributed by atoms with Crippen molar-refractivity contribution in [2.24, 2.45) is 5.92 Å². The Hall–Kier alpha value is -1.81. The number of ether oxygens (including phenoxy) is 2. The van der Waals surface area contributed by atoms with Crippen LogP contribution < -0.4 is 14.8 Å². The Bertz CT molecular complexity index is 541. The van der Waals surface area contributed by atoms with E-state index in [-0.39, 0.29) is 12.0 Å². The van der Waals surface area contributed by atoms with Crippen LogP contribution in [0, 0.1) is 5.92 Å². The number of allylic oxidation sites excluding steroid dienone is 2. The summed E-state index contributed by atoms with van der Waals surface area (Å²) in [6.45, 7) is 1.96. The van der Waals surface area contributed by atoms with Crippen molar-refractivity contribution in [2.75, 3.05) is 19.7 Å². The number of rotatable bonds is 6. The summed E-state index contributed by atoms with van der Waals surface area (Å²) >= 11 is 0. The third-order valence-corrected chi connectivity index (χ3v) is 4.21. The molecule has 3 rings (SSSR count). The molecule has 22 heavy (non-hydrogen) atoms. The highest BCUT2D eigenvalue weighted by atomic mass is 16.6. The van der Waals surface area contributed by atoms with E-state index in [1.165, 1.54) is 0 Å². The van der Waals surface area contributed by atoms with Crippen molar-refractivity contribution in [3.05, 3.63) is 36.4 Å². The van der Waals surface area contributed by atoms with E-state index in [1.807, 2.05) is 24.3 Å². The first-order valence-corrected chi connectivity index (χ1v) is 8.10. The van der Waals surface area contributed by atoms with E-state index in [1.54, 1.807) is 0 Å². The highest BCUT2D eigenvalue weighted by Gasteiger charge is 2.21. The van der Waals surface area contributed by atoms with E-state index < -0.39 is 0 Å². The van der Waals surface area contributed by atoms with Gasteiger partial charge in [0.1, 0.15) is 18.5 Å². The van der Waals surface area contributed by atoms with E-state index in [2.05, 4.69) is 17.5 Å². The minimum Gasteiger partial charge on any atom is -0.486 e. The first kappa shape index (κ1) is 15.1. The standard InChI is InChI=1S/C18H23NO3/c20-16(14-6-2-1-3-7-14)10-11-19-12-15-13-21-17-8-4-5-9-18(17)22-15/h1-2,4-5,8-9,14-15,19H,3,6-7,10-13H2. The summed E-state index contributed by atoms with van der Waals surface area (Å²) in [4.78, 5) is 12.1. The van der Waals surface area contributed by atoms with E-state index in [9.17, 15) is 4.79 Å². The van der Waals surface area contributed by atoms with Crippen LogP contribution in [0.3, 0.4) is 0 Å². The minimum atomic E-state index is 0.00242. The third kappa shape index (κ3) is 3.89. The topological polar surface area (TPSA) is 47.6 Å². The van der Waals surface area contributed by atoms with Crippen molar-refractivity contribution in [1.82, 2.24) is 5.32 Å². The van der Waals surface area contributed by atoms with Crippen molar-refractivity contribution in [2.45, 2.75) is 31.8 Å². The Kier molecular flexibility index (Phi) is 5.11. The Balaban J connectivity index is 1.36. The van der Waals surface area contributed by atoms with Gasteiger partial charge in [-0.05, 0) is 31.4 Å². The van der Waals surface area contributed by atoms with Gasteiger partial charge in [0.05, 0.1) is 0 Å². The second-order valence-corrected chi connectivity index (χ2v) is 5.90. The predicted molar refractivity (Wildman–Crippen MR) is 85.3 cm³/mol. The van der Waals surface area contributed by atoms with Gasteiger partial charge in [-0.2, -0.15) is 0 Å². The number of nitrogens with one attached hydrogen (secondary N) is 1. The number of carbonyl (C=O) groups is 1. The SMILES string of the molecule is O=C(CCNCC1COc2ccccc2O1)C1CC=CCC1. The van der Waals surface area contributed by atoms with Crippen molar-refractivity contribution in [3.63, 3.8) is 0 Å². The summed E-state index contributed by atoms with van der Waals surface area (Å²) < 4.78 is 11.5. The summed E-state index contributed by atoms with van der Waals surface area (Å²) in [7, 11) is 0. The fraction of sp³-hybridized carbons (Fsp3) is 0.500. The fourth-order valence-corrected chi connectivity index (χ4v) is 2.93. The number of carbonyl (C=O) groups excluding carboxylic acids is 1. The smallest absolute Gasteiger partial charge is 0.161 e. The molecule has 4 nitrogen and oxygen atoms in total. The van der Waals surface area contributed by atoms with Crippen LogP contribution in [0.1, 0.15) is 25.7 Å². The van der Waals surface area contributed by atoms with Gasteiger partial charge in [0.2, 0.25) is 0 Å². The van der Waals surface area contributed by atoms with Crippen LogP contribution in [0.4, 0.5) is 0 Å². The number of Topliss-reactive ketones (excluding diaryl/α,β-unsaturated/α-hetero) is 1. The molecule has 0 spiro atoms. The zero-order valence-corrected chi connectivity index (χ0v) is 12.8. The second-order valence-electron chi connectivity index (χ2n) is 5.90. The molecule has 0 saturated heterocycles. The van der Waals surface area contributed by atoms with Crippen molar-refractivity contribution >= 4 is 5.78 Å².